The largest absolute Gasteiger partial charge is 0.497 e. The van der Waals surface area contributed by atoms with Crippen molar-refractivity contribution in [2.75, 3.05) is 13.7 Å². The van der Waals surface area contributed by atoms with Crippen molar-refractivity contribution in [1.29, 1.82) is 0 Å². The summed E-state index contributed by atoms with van der Waals surface area (Å²) in [5.74, 6) is -0.317. The van der Waals surface area contributed by atoms with E-state index in [1.54, 1.807) is 10.8 Å². The summed E-state index contributed by atoms with van der Waals surface area (Å²) in [6.07, 6.45) is 3.96. The third-order valence-electron chi connectivity index (χ3n) is 4.09. The number of ether oxygens (including phenoxy) is 2. The molecule has 4 rings (SSSR count). The van der Waals surface area contributed by atoms with E-state index < -0.39 is 11.6 Å². The topological polar surface area (TPSA) is 36.3 Å². The Hall–Kier alpha value is -2.89. The number of hydrogen-bond donors (Lipinski definition) is 0. The van der Waals surface area contributed by atoms with E-state index in [2.05, 4.69) is 4.98 Å². The summed E-state index contributed by atoms with van der Waals surface area (Å²) in [6.45, 7) is 0.599. The molecule has 2 heterocycles. The third-order valence-corrected chi connectivity index (χ3v) is 4.09. The van der Waals surface area contributed by atoms with Crippen LogP contribution in [0.15, 0.2) is 42.7 Å². The first-order chi connectivity index (χ1) is 11.7. The van der Waals surface area contributed by atoms with Crippen LogP contribution < -0.4 is 9.47 Å². The summed E-state index contributed by atoms with van der Waals surface area (Å²) >= 11 is 0. The minimum absolute atomic E-state index is 0.126. The molecule has 0 saturated carbocycles. The first-order valence-electron chi connectivity index (χ1n) is 7.51. The van der Waals surface area contributed by atoms with Crippen molar-refractivity contribution in [3.8, 4) is 28.6 Å². The monoisotopic (exact) mass is 328 g/mol. The van der Waals surface area contributed by atoms with E-state index in [4.69, 9.17) is 9.47 Å². The van der Waals surface area contributed by atoms with Gasteiger partial charge in [-0.1, -0.05) is 6.07 Å². The lowest BCUT2D eigenvalue weighted by molar-refractivity contribution is 0.357. The van der Waals surface area contributed by atoms with Crippen molar-refractivity contribution in [3.05, 3.63) is 59.9 Å². The minimum atomic E-state index is -0.719. The molecule has 0 fully saturated rings. The van der Waals surface area contributed by atoms with Gasteiger partial charge in [-0.05, 0) is 12.1 Å². The maximum atomic E-state index is 14.4. The average molecular weight is 328 g/mol. The van der Waals surface area contributed by atoms with Gasteiger partial charge in [0, 0.05) is 36.5 Å². The van der Waals surface area contributed by atoms with Crippen molar-refractivity contribution in [2.45, 2.75) is 6.42 Å². The van der Waals surface area contributed by atoms with Crippen molar-refractivity contribution >= 4 is 0 Å². The number of fused-ring (bicyclic) bond motifs is 1. The molecule has 122 valence electrons. The lowest BCUT2D eigenvalue weighted by Gasteiger charge is -2.13. The van der Waals surface area contributed by atoms with Gasteiger partial charge in [0.1, 0.15) is 29.0 Å². The standard InChI is InChI=1S/C18H14F2N2O2/c1-23-11-9-13(19)17(14(20)10-11)18-21-6-7-22(18)15-3-2-4-16-12(15)5-8-24-16/h2-4,6-7,9-10H,5,8H2,1H3. The van der Waals surface area contributed by atoms with Crippen LogP contribution in [0.3, 0.4) is 0 Å². The highest BCUT2D eigenvalue weighted by atomic mass is 19.1. The van der Waals surface area contributed by atoms with E-state index in [0.717, 1.165) is 35.6 Å². The molecule has 1 aliphatic heterocycles. The number of halogens is 2. The van der Waals surface area contributed by atoms with E-state index in [0.29, 0.717) is 6.61 Å². The zero-order valence-electron chi connectivity index (χ0n) is 12.9. The molecule has 24 heavy (non-hydrogen) atoms. The van der Waals surface area contributed by atoms with E-state index in [1.165, 1.54) is 13.3 Å². The van der Waals surface area contributed by atoms with E-state index in [9.17, 15) is 8.78 Å². The van der Waals surface area contributed by atoms with Crippen LogP contribution in [0.25, 0.3) is 17.1 Å². The Balaban J connectivity index is 1.90. The average Bonchev–Trinajstić information content (AvgIpc) is 3.22. The minimum Gasteiger partial charge on any atom is -0.497 e. The van der Waals surface area contributed by atoms with Crippen LogP contribution in [0.2, 0.25) is 0 Å². The van der Waals surface area contributed by atoms with Gasteiger partial charge >= 0.3 is 0 Å². The lowest BCUT2D eigenvalue weighted by atomic mass is 10.1. The molecule has 0 aliphatic carbocycles. The number of benzene rings is 2. The Morgan fingerprint density at radius 3 is 2.75 bits per heavy atom. The number of rotatable bonds is 3. The summed E-state index contributed by atoms with van der Waals surface area (Å²) in [5.41, 5.74) is 1.63. The lowest BCUT2D eigenvalue weighted by Crippen LogP contribution is -2.03. The van der Waals surface area contributed by atoms with E-state index >= 15 is 0 Å². The highest BCUT2D eigenvalue weighted by molar-refractivity contribution is 5.64. The second-order valence-corrected chi connectivity index (χ2v) is 5.44. The van der Waals surface area contributed by atoms with Crippen LogP contribution in [-0.2, 0) is 6.42 Å². The van der Waals surface area contributed by atoms with Gasteiger partial charge in [0.25, 0.3) is 0 Å². The van der Waals surface area contributed by atoms with Crippen molar-refractivity contribution in [2.24, 2.45) is 0 Å². The smallest absolute Gasteiger partial charge is 0.150 e. The van der Waals surface area contributed by atoms with Crippen molar-refractivity contribution < 1.29 is 18.3 Å². The number of hydrogen-bond acceptors (Lipinski definition) is 3. The Kier molecular flexibility index (Phi) is 3.45. The molecular weight excluding hydrogens is 314 g/mol. The molecule has 0 atom stereocenters. The van der Waals surface area contributed by atoms with Gasteiger partial charge in [0.2, 0.25) is 0 Å². The Labute approximate surface area is 137 Å². The molecule has 1 aromatic heterocycles. The molecule has 2 aromatic carbocycles. The fraction of sp³-hybridized carbons (Fsp3) is 0.167. The fourth-order valence-corrected chi connectivity index (χ4v) is 2.99. The maximum absolute atomic E-state index is 14.4. The molecule has 3 aromatic rings. The van der Waals surface area contributed by atoms with Gasteiger partial charge in [-0.25, -0.2) is 13.8 Å². The summed E-state index contributed by atoms with van der Waals surface area (Å²) in [4.78, 5) is 4.17. The molecule has 1 aliphatic rings. The molecule has 0 N–H and O–H groups in total. The number of aromatic nitrogens is 2. The zero-order valence-corrected chi connectivity index (χ0v) is 12.9. The van der Waals surface area contributed by atoms with Crippen LogP contribution in [0.5, 0.6) is 11.5 Å². The van der Waals surface area contributed by atoms with Crippen molar-refractivity contribution in [3.63, 3.8) is 0 Å². The zero-order chi connectivity index (χ0) is 16.7. The van der Waals surface area contributed by atoms with Crippen LogP contribution in [0, 0.1) is 11.6 Å². The Bertz CT molecular complexity index is 898. The van der Waals surface area contributed by atoms with Gasteiger partial charge in [-0.2, -0.15) is 0 Å². The van der Waals surface area contributed by atoms with Gasteiger partial charge < -0.3 is 9.47 Å². The van der Waals surface area contributed by atoms with E-state index in [1.807, 2.05) is 18.2 Å². The predicted octanol–water partition coefficient (Wildman–Crippen LogP) is 3.76. The molecule has 0 saturated heterocycles. The van der Waals surface area contributed by atoms with Crippen LogP contribution in [-0.4, -0.2) is 23.3 Å². The molecule has 0 radical (unpaired) electrons. The first-order valence-corrected chi connectivity index (χ1v) is 7.51. The Morgan fingerprint density at radius 1 is 1.21 bits per heavy atom. The highest BCUT2D eigenvalue weighted by Crippen LogP contribution is 2.34. The van der Waals surface area contributed by atoms with Gasteiger partial charge in [-0.3, -0.25) is 4.57 Å². The van der Waals surface area contributed by atoms with Crippen molar-refractivity contribution in [1.82, 2.24) is 9.55 Å². The molecule has 0 amide bonds. The molecular formula is C18H14F2N2O2. The molecule has 0 spiro atoms. The van der Waals surface area contributed by atoms with E-state index in [-0.39, 0.29) is 17.1 Å². The predicted molar refractivity (Wildman–Crippen MR) is 84.7 cm³/mol. The Morgan fingerprint density at radius 2 is 2.00 bits per heavy atom. The maximum Gasteiger partial charge on any atom is 0.150 e. The number of imidazole rings is 1. The highest BCUT2D eigenvalue weighted by Gasteiger charge is 2.22. The molecule has 0 bridgehead atoms. The summed E-state index contributed by atoms with van der Waals surface area (Å²) in [6, 6.07) is 7.92. The molecule has 4 nitrogen and oxygen atoms in total. The quantitative estimate of drug-likeness (QED) is 0.734. The number of methoxy groups -OCH3 is 1. The summed E-state index contributed by atoms with van der Waals surface area (Å²) in [5, 5.41) is 0. The SMILES string of the molecule is COc1cc(F)c(-c2nccn2-c2cccc3c2CCO3)c(F)c1. The normalized spacial score (nSPS) is 12.8. The summed E-state index contributed by atoms with van der Waals surface area (Å²) < 4.78 is 41.0. The second-order valence-electron chi connectivity index (χ2n) is 5.44. The first kappa shape index (κ1) is 14.7. The van der Waals surface area contributed by atoms with Crippen LogP contribution in [0.4, 0.5) is 8.78 Å². The van der Waals surface area contributed by atoms with Crippen LogP contribution >= 0.6 is 0 Å². The van der Waals surface area contributed by atoms with Gasteiger partial charge in [-0.15, -0.1) is 0 Å². The molecule has 0 unspecified atom stereocenters. The third kappa shape index (κ3) is 2.22. The van der Waals surface area contributed by atoms with Crippen LogP contribution in [0.1, 0.15) is 5.56 Å². The molecule has 6 heteroatoms. The number of nitrogens with zero attached hydrogens (tertiary/aromatic N) is 2. The second kappa shape index (κ2) is 5.63. The van der Waals surface area contributed by atoms with Gasteiger partial charge in [0.15, 0.2) is 0 Å². The van der Waals surface area contributed by atoms with Gasteiger partial charge in [0.05, 0.1) is 25.0 Å². The fourth-order valence-electron chi connectivity index (χ4n) is 2.99. The summed E-state index contributed by atoms with van der Waals surface area (Å²) in [7, 11) is 1.36.